The minimum Gasteiger partial charge on any atom is -0.353 e. The van der Waals surface area contributed by atoms with Crippen LogP contribution in [-0.2, 0) is 11.3 Å². The van der Waals surface area contributed by atoms with Crippen LogP contribution in [0.5, 0.6) is 0 Å². The van der Waals surface area contributed by atoms with Crippen molar-refractivity contribution in [1.29, 1.82) is 0 Å². The van der Waals surface area contributed by atoms with Crippen molar-refractivity contribution < 1.29 is 13.6 Å². The molecule has 1 unspecified atom stereocenters. The zero-order chi connectivity index (χ0) is 16.1. The number of benzene rings is 1. The topological polar surface area (TPSA) is 58.4 Å². The number of rotatable bonds is 5. The van der Waals surface area contributed by atoms with E-state index in [1.54, 1.807) is 6.07 Å². The Kier molecular flexibility index (Phi) is 10.4. The van der Waals surface area contributed by atoms with E-state index in [4.69, 9.17) is 5.73 Å². The van der Waals surface area contributed by atoms with Crippen molar-refractivity contribution in [3.8, 4) is 0 Å². The highest BCUT2D eigenvalue weighted by atomic mass is 35.5. The highest BCUT2D eigenvalue weighted by molar-refractivity contribution is 5.85. The fourth-order valence-corrected chi connectivity index (χ4v) is 2.58. The Bertz CT molecular complexity index is 526. The van der Waals surface area contributed by atoms with Crippen molar-refractivity contribution in [1.82, 2.24) is 10.2 Å². The second-order valence-corrected chi connectivity index (χ2v) is 5.94. The first-order valence-electron chi connectivity index (χ1n) is 7.66. The van der Waals surface area contributed by atoms with Gasteiger partial charge in [0.2, 0.25) is 5.91 Å². The molecule has 0 saturated carbocycles. The van der Waals surface area contributed by atoms with Gasteiger partial charge in [-0.3, -0.25) is 9.69 Å². The van der Waals surface area contributed by atoms with Gasteiger partial charge in [0.1, 0.15) is 0 Å². The molecule has 1 fully saturated rings. The molecule has 138 valence electrons. The standard InChI is InChI=1S/C16H23F2N3O.2ClH/c1-11(9-19)16(22)20-13-4-6-21(7-5-13)10-12-2-3-14(17)15(18)8-12;;/h2-3,8,11,13H,4-7,9-10,19H2,1H3,(H,20,22);2*1H. The molecular weight excluding hydrogens is 359 g/mol. The molecule has 1 amide bonds. The van der Waals surface area contributed by atoms with Crippen molar-refractivity contribution in [2.45, 2.75) is 32.4 Å². The Morgan fingerprint density at radius 2 is 1.92 bits per heavy atom. The van der Waals surface area contributed by atoms with E-state index in [-0.39, 0.29) is 42.7 Å². The van der Waals surface area contributed by atoms with Crippen LogP contribution in [0.3, 0.4) is 0 Å². The van der Waals surface area contributed by atoms with Crippen LogP contribution in [0.4, 0.5) is 8.78 Å². The van der Waals surface area contributed by atoms with Crippen LogP contribution in [0.1, 0.15) is 25.3 Å². The molecule has 24 heavy (non-hydrogen) atoms. The van der Waals surface area contributed by atoms with Gasteiger partial charge in [0.05, 0.1) is 0 Å². The number of hydrogen-bond acceptors (Lipinski definition) is 3. The number of carbonyl (C=O) groups is 1. The maximum atomic E-state index is 13.2. The molecule has 0 bridgehead atoms. The number of nitrogens with zero attached hydrogens (tertiary/aromatic N) is 1. The van der Waals surface area contributed by atoms with Crippen LogP contribution in [-0.4, -0.2) is 36.5 Å². The molecule has 1 aliphatic rings. The molecule has 4 nitrogen and oxygen atoms in total. The van der Waals surface area contributed by atoms with E-state index in [1.807, 2.05) is 6.92 Å². The summed E-state index contributed by atoms with van der Waals surface area (Å²) in [7, 11) is 0. The third kappa shape index (κ3) is 6.51. The summed E-state index contributed by atoms with van der Waals surface area (Å²) in [5.41, 5.74) is 6.24. The molecule has 2 rings (SSSR count). The predicted octanol–water partition coefficient (Wildman–Crippen LogP) is 2.48. The van der Waals surface area contributed by atoms with Gasteiger partial charge in [-0.1, -0.05) is 13.0 Å². The summed E-state index contributed by atoms with van der Waals surface area (Å²) in [5.74, 6) is -1.80. The lowest BCUT2D eigenvalue weighted by molar-refractivity contribution is -0.125. The first-order chi connectivity index (χ1) is 10.5. The lowest BCUT2D eigenvalue weighted by Gasteiger charge is -2.32. The van der Waals surface area contributed by atoms with E-state index in [9.17, 15) is 13.6 Å². The van der Waals surface area contributed by atoms with E-state index in [1.165, 1.54) is 6.07 Å². The van der Waals surface area contributed by atoms with E-state index >= 15 is 0 Å². The maximum Gasteiger partial charge on any atom is 0.224 e. The highest BCUT2D eigenvalue weighted by Crippen LogP contribution is 2.16. The number of amides is 1. The minimum absolute atomic E-state index is 0. The predicted molar refractivity (Wildman–Crippen MR) is 95.5 cm³/mol. The first kappa shape index (κ1) is 23.1. The number of nitrogens with one attached hydrogen (secondary N) is 1. The molecule has 0 aromatic heterocycles. The summed E-state index contributed by atoms with van der Waals surface area (Å²) in [4.78, 5) is 14.0. The minimum atomic E-state index is -0.820. The first-order valence-corrected chi connectivity index (χ1v) is 7.66. The highest BCUT2D eigenvalue weighted by Gasteiger charge is 2.22. The number of likely N-dealkylation sites (tertiary alicyclic amines) is 1. The van der Waals surface area contributed by atoms with Crippen molar-refractivity contribution in [2.75, 3.05) is 19.6 Å². The van der Waals surface area contributed by atoms with Crippen LogP contribution in [0.25, 0.3) is 0 Å². The van der Waals surface area contributed by atoms with Gasteiger partial charge >= 0.3 is 0 Å². The molecular formula is C16H25Cl2F2N3O. The van der Waals surface area contributed by atoms with Gasteiger partial charge in [-0.05, 0) is 30.5 Å². The smallest absolute Gasteiger partial charge is 0.224 e. The van der Waals surface area contributed by atoms with Crippen molar-refractivity contribution >= 4 is 30.7 Å². The summed E-state index contributed by atoms with van der Waals surface area (Å²) >= 11 is 0. The number of carbonyl (C=O) groups excluding carboxylic acids is 1. The van der Waals surface area contributed by atoms with Gasteiger partial charge in [-0.2, -0.15) is 0 Å². The van der Waals surface area contributed by atoms with Crippen molar-refractivity contribution in [3.05, 3.63) is 35.4 Å². The maximum absolute atomic E-state index is 13.2. The molecule has 8 heteroatoms. The Hall–Kier alpha value is -0.950. The Morgan fingerprint density at radius 3 is 2.46 bits per heavy atom. The fourth-order valence-electron chi connectivity index (χ4n) is 2.58. The van der Waals surface area contributed by atoms with Crippen LogP contribution < -0.4 is 11.1 Å². The van der Waals surface area contributed by atoms with Gasteiger partial charge in [0, 0.05) is 38.1 Å². The second kappa shape index (κ2) is 10.8. The molecule has 1 heterocycles. The normalized spacial score (nSPS) is 16.7. The summed E-state index contributed by atoms with van der Waals surface area (Å²) in [5, 5.41) is 3.02. The van der Waals surface area contributed by atoms with E-state index < -0.39 is 11.6 Å². The molecule has 0 aliphatic carbocycles. The number of halogens is 4. The molecule has 1 aliphatic heterocycles. The zero-order valence-electron chi connectivity index (χ0n) is 13.6. The van der Waals surface area contributed by atoms with Crippen LogP contribution in [0.15, 0.2) is 18.2 Å². The van der Waals surface area contributed by atoms with Gasteiger partial charge < -0.3 is 11.1 Å². The van der Waals surface area contributed by atoms with Gasteiger partial charge in [0.15, 0.2) is 11.6 Å². The fraction of sp³-hybridized carbons (Fsp3) is 0.562. The van der Waals surface area contributed by atoms with Crippen molar-refractivity contribution in [2.24, 2.45) is 11.7 Å². The van der Waals surface area contributed by atoms with Crippen LogP contribution in [0, 0.1) is 17.6 Å². The van der Waals surface area contributed by atoms with Gasteiger partial charge in [0.25, 0.3) is 0 Å². The molecule has 1 saturated heterocycles. The zero-order valence-corrected chi connectivity index (χ0v) is 15.3. The summed E-state index contributed by atoms with van der Waals surface area (Å²) in [6.07, 6.45) is 1.71. The third-order valence-electron chi connectivity index (χ3n) is 4.13. The van der Waals surface area contributed by atoms with E-state index in [2.05, 4.69) is 10.2 Å². The lowest BCUT2D eigenvalue weighted by atomic mass is 10.0. The second-order valence-electron chi connectivity index (χ2n) is 5.94. The largest absolute Gasteiger partial charge is 0.353 e. The molecule has 1 aromatic rings. The average Bonchev–Trinajstić information content (AvgIpc) is 2.52. The quantitative estimate of drug-likeness (QED) is 0.820. The van der Waals surface area contributed by atoms with Crippen molar-refractivity contribution in [3.63, 3.8) is 0 Å². The molecule has 0 spiro atoms. The molecule has 0 radical (unpaired) electrons. The molecule has 1 aromatic carbocycles. The van der Waals surface area contributed by atoms with Gasteiger partial charge in [-0.25, -0.2) is 8.78 Å². The Balaban J connectivity index is 0.00000264. The van der Waals surface area contributed by atoms with Crippen LogP contribution >= 0.6 is 24.8 Å². The summed E-state index contributed by atoms with van der Waals surface area (Å²) < 4.78 is 26.1. The number of piperidine rings is 1. The third-order valence-corrected chi connectivity index (χ3v) is 4.13. The molecule has 3 N–H and O–H groups in total. The van der Waals surface area contributed by atoms with E-state index in [0.717, 1.165) is 37.6 Å². The lowest BCUT2D eigenvalue weighted by Crippen LogP contribution is -2.46. The van der Waals surface area contributed by atoms with Crippen LogP contribution in [0.2, 0.25) is 0 Å². The van der Waals surface area contributed by atoms with Gasteiger partial charge in [-0.15, -0.1) is 24.8 Å². The Morgan fingerprint density at radius 1 is 1.29 bits per heavy atom. The number of nitrogens with two attached hydrogens (primary N) is 1. The Labute approximate surface area is 154 Å². The summed E-state index contributed by atoms with van der Waals surface area (Å²) in [6, 6.07) is 4.18. The van der Waals surface area contributed by atoms with E-state index in [0.29, 0.717) is 13.1 Å². The number of hydrogen-bond donors (Lipinski definition) is 2. The molecule has 1 atom stereocenters. The average molecular weight is 384 g/mol. The monoisotopic (exact) mass is 383 g/mol. The summed E-state index contributed by atoms with van der Waals surface area (Å²) in [6.45, 7) is 4.40. The SMILES string of the molecule is CC(CN)C(=O)NC1CCN(Cc2ccc(F)c(F)c2)CC1.Cl.Cl.